The van der Waals surface area contributed by atoms with Gasteiger partial charge in [0, 0.05) is 17.3 Å². The van der Waals surface area contributed by atoms with Crippen molar-refractivity contribution in [3.05, 3.63) is 54.2 Å². The number of benzene rings is 2. The molecule has 4 aromatic rings. The summed E-state index contributed by atoms with van der Waals surface area (Å²) in [5, 5.41) is 7.14. The van der Waals surface area contributed by atoms with Crippen LogP contribution in [0.2, 0.25) is 0 Å². The molecule has 11 heteroatoms. The molecule has 8 nitrogen and oxygen atoms in total. The number of nitrogens with zero attached hydrogens (tertiary/aromatic N) is 4. The second-order valence-electron chi connectivity index (χ2n) is 6.50. The molecule has 2 aromatic carbocycles. The van der Waals surface area contributed by atoms with E-state index >= 15 is 0 Å². The van der Waals surface area contributed by atoms with Crippen molar-refractivity contribution in [1.29, 1.82) is 0 Å². The number of anilines is 3. The number of alkyl halides is 3. The minimum Gasteiger partial charge on any atom is -0.497 e. The Bertz CT molecular complexity index is 1230. The summed E-state index contributed by atoms with van der Waals surface area (Å²) in [4.78, 5) is 8.44. The van der Waals surface area contributed by atoms with Gasteiger partial charge in [-0.1, -0.05) is 6.07 Å². The van der Waals surface area contributed by atoms with Crippen molar-refractivity contribution in [3.63, 3.8) is 0 Å². The Hall–Kier alpha value is -4.02. The van der Waals surface area contributed by atoms with Crippen LogP contribution in [0.1, 0.15) is 5.56 Å². The second-order valence-corrected chi connectivity index (χ2v) is 6.50. The molecular weight excluding hydrogens is 413 g/mol. The lowest BCUT2D eigenvalue weighted by Crippen LogP contribution is -2.05. The van der Waals surface area contributed by atoms with E-state index in [1.54, 1.807) is 18.2 Å². The highest BCUT2D eigenvalue weighted by Crippen LogP contribution is 2.32. The number of nitrogen functional groups attached to an aromatic ring is 1. The molecule has 0 amide bonds. The number of aromatic nitrogens is 4. The number of ether oxygens (including phenoxy) is 2. The quantitative estimate of drug-likeness (QED) is 0.491. The minimum atomic E-state index is -4.46. The predicted octanol–water partition coefficient (Wildman–Crippen LogP) is 4.15. The van der Waals surface area contributed by atoms with E-state index in [-0.39, 0.29) is 23.1 Å². The molecule has 0 unspecified atom stereocenters. The van der Waals surface area contributed by atoms with Crippen molar-refractivity contribution >= 4 is 23.1 Å². The van der Waals surface area contributed by atoms with Crippen LogP contribution in [-0.4, -0.2) is 33.8 Å². The van der Waals surface area contributed by atoms with Crippen LogP contribution in [-0.2, 0) is 6.18 Å². The molecule has 2 aromatic heterocycles. The van der Waals surface area contributed by atoms with Crippen LogP contribution in [0.5, 0.6) is 11.5 Å². The maximum absolute atomic E-state index is 13.0. The monoisotopic (exact) mass is 430 g/mol. The van der Waals surface area contributed by atoms with Gasteiger partial charge in [-0.25, -0.2) is 9.50 Å². The Labute approximate surface area is 174 Å². The van der Waals surface area contributed by atoms with Crippen LogP contribution in [0.15, 0.2) is 48.7 Å². The van der Waals surface area contributed by atoms with E-state index in [0.29, 0.717) is 22.8 Å². The lowest BCUT2D eigenvalue weighted by molar-refractivity contribution is -0.137. The van der Waals surface area contributed by atoms with Crippen LogP contribution in [0, 0.1) is 0 Å². The molecule has 0 bridgehead atoms. The summed E-state index contributed by atoms with van der Waals surface area (Å²) in [6.07, 6.45) is -2.95. The smallest absolute Gasteiger partial charge is 0.416 e. The zero-order valence-corrected chi connectivity index (χ0v) is 16.4. The summed E-state index contributed by atoms with van der Waals surface area (Å²) in [6.45, 7) is 0. The van der Waals surface area contributed by atoms with Crippen LogP contribution in [0.4, 0.5) is 30.6 Å². The van der Waals surface area contributed by atoms with Crippen molar-refractivity contribution < 1.29 is 22.6 Å². The molecule has 31 heavy (non-hydrogen) atoms. The second kappa shape index (κ2) is 7.67. The number of methoxy groups -OCH3 is 2. The largest absolute Gasteiger partial charge is 0.497 e. The third-order valence-corrected chi connectivity index (χ3v) is 4.48. The van der Waals surface area contributed by atoms with Gasteiger partial charge in [-0.3, -0.25) is 0 Å². The Morgan fingerprint density at radius 1 is 1.03 bits per heavy atom. The number of hydrogen-bond acceptors (Lipinski definition) is 7. The minimum absolute atomic E-state index is 0.0649. The zero-order chi connectivity index (χ0) is 22.2. The summed E-state index contributed by atoms with van der Waals surface area (Å²) >= 11 is 0. The highest BCUT2D eigenvalue weighted by Gasteiger charge is 2.30. The van der Waals surface area contributed by atoms with E-state index in [4.69, 9.17) is 15.2 Å². The Morgan fingerprint density at radius 3 is 2.39 bits per heavy atom. The Balaban J connectivity index is 1.78. The molecule has 0 spiro atoms. The van der Waals surface area contributed by atoms with Gasteiger partial charge in [-0.05, 0) is 30.3 Å². The van der Waals surface area contributed by atoms with Crippen LogP contribution in [0.3, 0.4) is 0 Å². The van der Waals surface area contributed by atoms with Gasteiger partial charge >= 0.3 is 6.18 Å². The number of rotatable bonds is 5. The van der Waals surface area contributed by atoms with Crippen LogP contribution >= 0.6 is 0 Å². The Kier molecular flexibility index (Phi) is 5.01. The third kappa shape index (κ3) is 4.02. The summed E-state index contributed by atoms with van der Waals surface area (Å²) in [5.41, 5.74) is 6.79. The predicted molar refractivity (Wildman–Crippen MR) is 108 cm³/mol. The first-order chi connectivity index (χ1) is 14.8. The first-order valence-electron chi connectivity index (χ1n) is 8.97. The number of nitrogens with two attached hydrogens (primary N) is 1. The molecular formula is C20H17F3N6O2. The van der Waals surface area contributed by atoms with Gasteiger partial charge in [-0.2, -0.15) is 18.2 Å². The molecule has 0 saturated heterocycles. The SMILES string of the molecule is COc1cc(OC)cc(-c2cnc(N)c3nc(Nc4cccc(C(F)(F)F)c4)nn23)c1. The van der Waals surface area contributed by atoms with Crippen LogP contribution < -0.4 is 20.5 Å². The average molecular weight is 430 g/mol. The fraction of sp³-hybridized carbons (Fsp3) is 0.150. The van der Waals surface area contributed by atoms with E-state index in [1.165, 1.54) is 37.1 Å². The molecule has 0 atom stereocenters. The zero-order valence-electron chi connectivity index (χ0n) is 16.4. The molecule has 0 aliphatic heterocycles. The number of hydrogen-bond donors (Lipinski definition) is 2. The molecule has 160 valence electrons. The highest BCUT2D eigenvalue weighted by molar-refractivity contribution is 5.71. The van der Waals surface area contributed by atoms with E-state index < -0.39 is 11.7 Å². The summed E-state index contributed by atoms with van der Waals surface area (Å²) < 4.78 is 51.0. The van der Waals surface area contributed by atoms with E-state index in [0.717, 1.165) is 12.1 Å². The van der Waals surface area contributed by atoms with Crippen molar-refractivity contribution in [3.8, 4) is 22.8 Å². The maximum atomic E-state index is 13.0. The fourth-order valence-corrected chi connectivity index (χ4v) is 3.00. The van der Waals surface area contributed by atoms with Gasteiger partial charge in [0.1, 0.15) is 11.5 Å². The normalized spacial score (nSPS) is 11.5. The van der Waals surface area contributed by atoms with Gasteiger partial charge in [0.25, 0.3) is 0 Å². The van der Waals surface area contributed by atoms with Gasteiger partial charge in [0.2, 0.25) is 11.6 Å². The summed E-state index contributed by atoms with van der Waals surface area (Å²) in [6, 6.07) is 9.97. The third-order valence-electron chi connectivity index (χ3n) is 4.48. The number of fused-ring (bicyclic) bond motifs is 1. The fourth-order valence-electron chi connectivity index (χ4n) is 3.00. The summed E-state index contributed by atoms with van der Waals surface area (Å²) in [5.74, 6) is 1.29. The molecule has 3 N–H and O–H groups in total. The number of halogens is 3. The van der Waals surface area contributed by atoms with Gasteiger partial charge in [0.05, 0.1) is 31.7 Å². The van der Waals surface area contributed by atoms with Crippen molar-refractivity contribution in [2.24, 2.45) is 0 Å². The Morgan fingerprint density at radius 2 is 1.74 bits per heavy atom. The number of nitrogens with one attached hydrogen (secondary N) is 1. The van der Waals surface area contributed by atoms with E-state index in [9.17, 15) is 13.2 Å². The first-order valence-corrected chi connectivity index (χ1v) is 8.97. The van der Waals surface area contributed by atoms with Crippen molar-refractivity contribution in [1.82, 2.24) is 19.6 Å². The molecule has 0 saturated carbocycles. The molecule has 0 fully saturated rings. The van der Waals surface area contributed by atoms with E-state index in [2.05, 4.69) is 20.4 Å². The maximum Gasteiger partial charge on any atom is 0.416 e. The van der Waals surface area contributed by atoms with Crippen molar-refractivity contribution in [2.45, 2.75) is 6.18 Å². The lowest BCUT2D eigenvalue weighted by atomic mass is 10.1. The standard InChI is InChI=1S/C20H17F3N6O2/c1-30-14-6-11(7-15(9-14)31-2)16-10-25-17(24)18-27-19(28-29(16)18)26-13-5-3-4-12(8-13)20(21,22)23/h3-10H,1-2H3,(H2,24,25)(H,26,28). The first kappa shape index (κ1) is 20.3. The highest BCUT2D eigenvalue weighted by atomic mass is 19.4. The summed E-state index contributed by atoms with van der Waals surface area (Å²) in [7, 11) is 3.06. The van der Waals surface area contributed by atoms with Gasteiger partial charge < -0.3 is 20.5 Å². The topological polar surface area (TPSA) is 99.6 Å². The van der Waals surface area contributed by atoms with E-state index in [1.807, 2.05) is 0 Å². The molecule has 4 rings (SSSR count). The molecule has 0 aliphatic rings. The van der Waals surface area contributed by atoms with Gasteiger partial charge in [-0.15, -0.1) is 5.10 Å². The average Bonchev–Trinajstić information content (AvgIpc) is 3.17. The lowest BCUT2D eigenvalue weighted by Gasteiger charge is -2.10. The van der Waals surface area contributed by atoms with Crippen LogP contribution in [0.25, 0.3) is 16.9 Å². The van der Waals surface area contributed by atoms with Gasteiger partial charge in [0.15, 0.2) is 5.82 Å². The molecule has 0 radical (unpaired) electrons. The molecule has 0 aliphatic carbocycles. The van der Waals surface area contributed by atoms with Crippen molar-refractivity contribution in [2.75, 3.05) is 25.3 Å². The molecule has 2 heterocycles.